The molecule has 3 aromatic rings. The first-order valence-electron chi connectivity index (χ1n) is 14.0. The fraction of sp³-hybridized carbons (Fsp3) is 0.375. The van der Waals surface area contributed by atoms with Crippen molar-refractivity contribution >= 4 is 12.1 Å². The fourth-order valence-electron chi connectivity index (χ4n) is 4.62. The average molecular weight is 577 g/mol. The third-order valence-electron chi connectivity index (χ3n) is 6.76. The minimum absolute atomic E-state index is 0.0486. The lowest BCUT2D eigenvalue weighted by atomic mass is 10.0. The summed E-state index contributed by atoms with van der Waals surface area (Å²) in [6.07, 6.45) is -1.74. The molecule has 1 saturated heterocycles. The summed E-state index contributed by atoms with van der Waals surface area (Å²) < 4.78 is 17.1. The molecule has 1 fully saturated rings. The van der Waals surface area contributed by atoms with E-state index in [1.807, 2.05) is 93.6 Å². The van der Waals surface area contributed by atoms with Gasteiger partial charge in [-0.2, -0.15) is 0 Å². The van der Waals surface area contributed by atoms with Crippen molar-refractivity contribution < 1.29 is 28.6 Å². The molecule has 0 spiro atoms. The van der Waals surface area contributed by atoms with Crippen molar-refractivity contribution in [3.05, 3.63) is 102 Å². The number of esters is 1. The third kappa shape index (κ3) is 8.77. The number of likely N-dealkylation sites (tertiary alicyclic amines) is 1. The van der Waals surface area contributed by atoms with Crippen molar-refractivity contribution in [1.29, 1.82) is 0 Å². The monoisotopic (exact) mass is 576 g/mol. The molecule has 10 nitrogen and oxygen atoms in total. The van der Waals surface area contributed by atoms with E-state index in [4.69, 9.17) is 30.7 Å². The first-order valence-corrected chi connectivity index (χ1v) is 14.0. The summed E-state index contributed by atoms with van der Waals surface area (Å²) >= 11 is 0. The predicted octanol–water partition coefficient (Wildman–Crippen LogP) is 4.21. The highest BCUT2D eigenvalue weighted by atomic mass is 16.7. The van der Waals surface area contributed by atoms with Crippen molar-refractivity contribution in [2.24, 2.45) is 11.6 Å². The average Bonchev–Trinajstić information content (AvgIpc) is 3.45. The predicted molar refractivity (Wildman–Crippen MR) is 158 cm³/mol. The first kappa shape index (κ1) is 31.0. The van der Waals surface area contributed by atoms with E-state index in [2.05, 4.69) is 5.32 Å². The highest BCUT2D eigenvalue weighted by molar-refractivity contribution is 5.75. The van der Waals surface area contributed by atoms with Crippen LogP contribution in [0.25, 0.3) is 0 Å². The molecule has 10 heteroatoms. The maximum atomic E-state index is 13.0. The number of hydrogen-bond donors (Lipinski definition) is 3. The minimum Gasteiger partial charge on any atom is -0.490 e. The zero-order valence-electron chi connectivity index (χ0n) is 24.3. The molecule has 5 N–H and O–H groups in total. The Hall–Kier alpha value is -3.96. The lowest BCUT2D eigenvalue weighted by molar-refractivity contribution is -0.163. The Labute approximate surface area is 246 Å². The number of carbonyl (C=O) groups is 2. The van der Waals surface area contributed by atoms with E-state index in [0.29, 0.717) is 18.8 Å². The smallest absolute Gasteiger partial charge is 0.410 e. The molecule has 1 heterocycles. The van der Waals surface area contributed by atoms with Crippen molar-refractivity contribution in [3.63, 3.8) is 0 Å². The normalized spacial score (nSPS) is 16.6. The number of hydrogen-bond acceptors (Lipinski definition) is 9. The summed E-state index contributed by atoms with van der Waals surface area (Å²) in [7, 11) is 0. The molecule has 0 radical (unpaired) electrons. The summed E-state index contributed by atoms with van der Waals surface area (Å²) in [5.74, 6) is 5.32. The Bertz CT molecular complexity index is 1240. The van der Waals surface area contributed by atoms with Crippen LogP contribution in [-0.2, 0) is 19.1 Å². The Balaban J connectivity index is 1.29. The second-order valence-electron chi connectivity index (χ2n) is 11.2. The molecule has 1 aliphatic heterocycles. The molecule has 0 aliphatic carbocycles. The summed E-state index contributed by atoms with van der Waals surface area (Å²) in [6.45, 7) is 6.54. The van der Waals surface area contributed by atoms with Crippen LogP contribution < -0.4 is 21.7 Å². The van der Waals surface area contributed by atoms with Gasteiger partial charge in [0, 0.05) is 19.1 Å². The van der Waals surface area contributed by atoms with Gasteiger partial charge < -0.3 is 24.8 Å². The van der Waals surface area contributed by atoms with Crippen LogP contribution in [0.3, 0.4) is 0 Å². The molecule has 3 unspecified atom stereocenters. The molecule has 3 aromatic carbocycles. The van der Waals surface area contributed by atoms with Gasteiger partial charge in [0.15, 0.2) is 6.10 Å². The maximum Gasteiger partial charge on any atom is 0.410 e. The van der Waals surface area contributed by atoms with Crippen molar-refractivity contribution in [2.45, 2.75) is 57.2 Å². The quantitative estimate of drug-likeness (QED) is 0.174. The van der Waals surface area contributed by atoms with E-state index in [0.717, 1.165) is 23.1 Å². The van der Waals surface area contributed by atoms with Crippen LogP contribution in [0.4, 0.5) is 4.79 Å². The molecule has 0 saturated carbocycles. The molecule has 3 atom stereocenters. The summed E-state index contributed by atoms with van der Waals surface area (Å²) in [4.78, 5) is 32.0. The van der Waals surface area contributed by atoms with Gasteiger partial charge in [0.05, 0.1) is 6.17 Å². The number of nitrogens with two attached hydrogens (primary N) is 2. The van der Waals surface area contributed by atoms with E-state index in [-0.39, 0.29) is 18.7 Å². The molecule has 0 aromatic heterocycles. The number of carbonyl (C=O) groups excluding carboxylic acids is 2. The number of ether oxygens (including phenoxy) is 3. The number of amides is 1. The molecular formula is C32H40N4O6. The largest absolute Gasteiger partial charge is 0.490 e. The van der Waals surface area contributed by atoms with E-state index < -0.39 is 29.9 Å². The molecule has 224 valence electrons. The number of benzene rings is 3. The van der Waals surface area contributed by atoms with Gasteiger partial charge in [-0.3, -0.25) is 10.2 Å². The van der Waals surface area contributed by atoms with Crippen LogP contribution in [0.15, 0.2) is 84.9 Å². The van der Waals surface area contributed by atoms with Crippen molar-refractivity contribution in [2.75, 3.05) is 19.7 Å². The van der Waals surface area contributed by atoms with Gasteiger partial charge >= 0.3 is 12.1 Å². The van der Waals surface area contributed by atoms with Crippen LogP contribution in [0.5, 0.6) is 5.75 Å². The van der Waals surface area contributed by atoms with Crippen LogP contribution in [0, 0.1) is 0 Å². The molecule has 4 rings (SSSR count). The molecule has 42 heavy (non-hydrogen) atoms. The number of nitrogens with zero attached hydrogens (tertiary/aromatic N) is 1. The van der Waals surface area contributed by atoms with Crippen LogP contribution in [0.2, 0.25) is 0 Å². The van der Waals surface area contributed by atoms with E-state index in [9.17, 15) is 9.59 Å². The molecule has 0 bridgehead atoms. The SMILES string of the molecule is CC(C)(C)OC(=O)N1CCC(NC(N)c2ccc(OCC(ON)C(=O)OC(c3ccccc3)c3ccccc3)cc2)C1. The zero-order valence-corrected chi connectivity index (χ0v) is 24.3. The van der Waals surface area contributed by atoms with E-state index in [1.165, 1.54) is 0 Å². The van der Waals surface area contributed by atoms with Crippen LogP contribution >= 0.6 is 0 Å². The topological polar surface area (TPSA) is 138 Å². The third-order valence-corrected chi connectivity index (χ3v) is 6.76. The molecular weight excluding hydrogens is 536 g/mol. The van der Waals surface area contributed by atoms with Crippen LogP contribution in [-0.4, -0.2) is 54.4 Å². The fourth-order valence-corrected chi connectivity index (χ4v) is 4.62. The Morgan fingerprint density at radius 2 is 1.52 bits per heavy atom. The van der Waals surface area contributed by atoms with Gasteiger partial charge in [-0.05, 0) is 56.0 Å². The van der Waals surface area contributed by atoms with Gasteiger partial charge in [-0.1, -0.05) is 72.8 Å². The lowest BCUT2D eigenvalue weighted by Gasteiger charge is -2.25. The minimum atomic E-state index is -1.14. The molecule has 1 aliphatic rings. The van der Waals surface area contributed by atoms with Gasteiger partial charge in [-0.25, -0.2) is 15.5 Å². The summed E-state index contributed by atoms with van der Waals surface area (Å²) in [5.41, 5.74) is 8.35. The Morgan fingerprint density at radius 1 is 0.929 bits per heavy atom. The second-order valence-corrected chi connectivity index (χ2v) is 11.2. The van der Waals surface area contributed by atoms with Gasteiger partial charge in [0.25, 0.3) is 0 Å². The second kappa shape index (κ2) is 14.3. The van der Waals surface area contributed by atoms with Gasteiger partial charge in [-0.15, -0.1) is 0 Å². The first-order chi connectivity index (χ1) is 20.1. The van der Waals surface area contributed by atoms with E-state index >= 15 is 0 Å². The van der Waals surface area contributed by atoms with Crippen molar-refractivity contribution in [3.8, 4) is 5.75 Å². The molecule has 1 amide bonds. The van der Waals surface area contributed by atoms with Gasteiger partial charge in [0.1, 0.15) is 18.0 Å². The summed E-state index contributed by atoms with van der Waals surface area (Å²) in [6, 6.07) is 26.2. The zero-order chi connectivity index (χ0) is 30.1. The van der Waals surface area contributed by atoms with E-state index in [1.54, 1.807) is 17.0 Å². The van der Waals surface area contributed by atoms with Gasteiger partial charge in [0.2, 0.25) is 6.10 Å². The van der Waals surface area contributed by atoms with Crippen molar-refractivity contribution in [1.82, 2.24) is 10.2 Å². The number of rotatable bonds is 11. The summed E-state index contributed by atoms with van der Waals surface area (Å²) in [5, 5.41) is 3.37. The van der Waals surface area contributed by atoms with Crippen LogP contribution in [0.1, 0.15) is 56.2 Å². The number of nitrogens with one attached hydrogen (secondary N) is 1. The highest BCUT2D eigenvalue weighted by Crippen LogP contribution is 2.27. The highest BCUT2D eigenvalue weighted by Gasteiger charge is 2.31. The Morgan fingerprint density at radius 3 is 2.07 bits per heavy atom. The lowest BCUT2D eigenvalue weighted by Crippen LogP contribution is -2.41. The Kier molecular flexibility index (Phi) is 10.5. The maximum absolute atomic E-state index is 13.0. The standard InChI is InChI=1S/C32H40N4O6/c1-32(2,3)41-31(38)36-19-18-25(20-36)35-29(33)24-14-16-26(17-15-24)39-21-27(42-34)30(37)40-28(22-10-6-4-7-11-22)23-12-8-5-9-13-23/h4-17,25,27-29,35H,18-21,33-34H2,1-3H3.